The van der Waals surface area contributed by atoms with E-state index in [4.69, 9.17) is 0 Å². The summed E-state index contributed by atoms with van der Waals surface area (Å²) in [6.45, 7) is 4.43. The third kappa shape index (κ3) is 27.6. The molecule has 0 radical (unpaired) electrons. The third-order valence-corrected chi connectivity index (χ3v) is 7.62. The van der Waals surface area contributed by atoms with Gasteiger partial charge in [-0.1, -0.05) is 137 Å². The lowest BCUT2D eigenvalue weighted by Crippen LogP contribution is -2.36. The number of hydrogen-bond donors (Lipinski definition) is 0. The highest BCUT2D eigenvalue weighted by Gasteiger charge is 2.41. The van der Waals surface area contributed by atoms with E-state index in [0.717, 1.165) is 51.4 Å². The van der Waals surface area contributed by atoms with Crippen molar-refractivity contribution >= 4 is 28.8 Å². The van der Waals surface area contributed by atoms with Gasteiger partial charge in [0.15, 0.2) is 0 Å². The Labute approximate surface area is 302 Å². The lowest BCUT2D eigenvalue weighted by Gasteiger charge is -1.96. The number of rotatable bonds is 32. The number of carbonyl (C=O) groups excluding carboxylic acids is 3. The maximum absolute atomic E-state index is 12.7. The fraction of sp³-hybridized carbons (Fsp3) is 0.512. The summed E-state index contributed by atoms with van der Waals surface area (Å²) >= 11 is 0. The van der Waals surface area contributed by atoms with E-state index in [1.165, 1.54) is 38.5 Å². The molecule has 0 aromatic heterocycles. The Bertz CT molecular complexity index is 1200. The van der Waals surface area contributed by atoms with E-state index in [9.17, 15) is 25.4 Å². The monoisotopic (exact) mass is 682 g/mol. The first-order valence-electron chi connectivity index (χ1n) is 18.8. The van der Waals surface area contributed by atoms with Gasteiger partial charge in [0, 0.05) is 12.8 Å². The first-order chi connectivity index (χ1) is 24.5. The summed E-state index contributed by atoms with van der Waals surface area (Å²) in [6, 6.07) is 0. The highest BCUT2D eigenvalue weighted by molar-refractivity contribution is 6.86. The van der Waals surface area contributed by atoms with Crippen molar-refractivity contribution in [2.45, 2.75) is 142 Å². The zero-order chi connectivity index (χ0) is 36.8. The average Bonchev–Trinajstić information content (AvgIpc) is 3.11. The number of allylic oxidation sites excluding steroid dienone is 16. The number of hydrogen-bond acceptors (Lipinski definition) is 3. The highest BCUT2D eigenvalue weighted by atomic mass is 16.2. The van der Waals surface area contributed by atoms with Gasteiger partial charge in [-0.15, -0.1) is 0 Å². The van der Waals surface area contributed by atoms with Crippen molar-refractivity contribution in [2.24, 2.45) is 0 Å². The van der Waals surface area contributed by atoms with E-state index in [-0.39, 0.29) is 12.8 Å². The van der Waals surface area contributed by atoms with E-state index < -0.39 is 28.8 Å². The molecular formula is C43H62N4O3. The predicted molar refractivity (Wildman–Crippen MR) is 209 cm³/mol. The molecule has 0 aromatic carbocycles. The van der Waals surface area contributed by atoms with Crippen LogP contribution in [0.5, 0.6) is 0 Å². The van der Waals surface area contributed by atoms with E-state index in [1.807, 2.05) is 24.3 Å². The average molecular weight is 683 g/mol. The molecular weight excluding hydrogens is 620 g/mol. The maximum atomic E-state index is 12.7. The van der Waals surface area contributed by atoms with Crippen molar-refractivity contribution in [3.05, 3.63) is 108 Å². The Balaban J connectivity index is 4.26. The van der Waals surface area contributed by atoms with Crippen molar-refractivity contribution in [1.82, 2.24) is 0 Å². The van der Waals surface area contributed by atoms with Crippen molar-refractivity contribution in [3.8, 4) is 0 Å². The number of Topliss-reactive ketones (excluding diaryl/α,β-unsaturated/α-hetero) is 3. The van der Waals surface area contributed by atoms with Gasteiger partial charge < -0.3 is 11.1 Å². The molecule has 0 bridgehead atoms. The molecule has 272 valence electrons. The largest absolute Gasteiger partial charge is 0.412 e. The van der Waals surface area contributed by atoms with Crippen LogP contribution in [0.2, 0.25) is 0 Å². The maximum Gasteiger partial charge on any atom is 0.412 e. The number of nitrogens with zero attached hydrogens (tertiary/aromatic N) is 4. The SMILES string of the molecule is CCCCC/C=C\C/C=C\C/C=C\C/C=C\CCCC(=O)C(=[N+]=[N-])C(=O)C(=[N+]=[N-])C(=O)CCC/C=C\C/C=C\C/C=C\C/C=C\CCCCC. The van der Waals surface area contributed by atoms with Crippen LogP contribution in [0.15, 0.2) is 97.2 Å². The first kappa shape index (κ1) is 45.7. The molecule has 50 heavy (non-hydrogen) atoms. The topological polar surface area (TPSA) is 124 Å². The van der Waals surface area contributed by atoms with E-state index >= 15 is 0 Å². The molecule has 0 aromatic rings. The van der Waals surface area contributed by atoms with Crippen LogP contribution in [-0.2, 0) is 14.4 Å². The Kier molecular flexibility index (Phi) is 32.9. The molecule has 7 heteroatoms. The molecule has 0 saturated heterocycles. The van der Waals surface area contributed by atoms with E-state index in [2.05, 4.69) is 96.3 Å². The van der Waals surface area contributed by atoms with Gasteiger partial charge in [0.25, 0.3) is 0 Å². The Morgan fingerprint density at radius 2 is 0.660 bits per heavy atom. The second kappa shape index (κ2) is 36.0. The smallest absolute Gasteiger partial charge is 0.360 e. The molecule has 0 aliphatic heterocycles. The van der Waals surface area contributed by atoms with Gasteiger partial charge >= 0.3 is 17.2 Å². The van der Waals surface area contributed by atoms with Crippen molar-refractivity contribution in [2.75, 3.05) is 0 Å². The number of unbranched alkanes of at least 4 members (excludes halogenated alkanes) is 8. The molecule has 0 N–H and O–H groups in total. The van der Waals surface area contributed by atoms with Gasteiger partial charge in [-0.3, -0.25) is 14.4 Å². The van der Waals surface area contributed by atoms with Crippen LogP contribution >= 0.6 is 0 Å². The molecule has 0 unspecified atom stereocenters. The number of carbonyl (C=O) groups is 3. The molecule has 0 rings (SSSR count). The summed E-state index contributed by atoms with van der Waals surface area (Å²) in [6.07, 6.45) is 51.1. The lowest BCUT2D eigenvalue weighted by molar-refractivity contribution is -0.126. The van der Waals surface area contributed by atoms with Gasteiger partial charge in [-0.05, 0) is 89.9 Å². The minimum atomic E-state index is -1.17. The molecule has 0 amide bonds. The van der Waals surface area contributed by atoms with Crippen LogP contribution in [0.3, 0.4) is 0 Å². The zero-order valence-corrected chi connectivity index (χ0v) is 30.9. The number of ketones is 3. The lowest BCUT2D eigenvalue weighted by atomic mass is 9.99. The van der Waals surface area contributed by atoms with Crippen molar-refractivity contribution in [3.63, 3.8) is 0 Å². The van der Waals surface area contributed by atoms with Crippen LogP contribution in [0, 0.1) is 0 Å². The predicted octanol–water partition coefficient (Wildman–Crippen LogP) is 11.3. The fourth-order valence-corrected chi connectivity index (χ4v) is 4.69. The second-order valence-corrected chi connectivity index (χ2v) is 12.0. The minimum absolute atomic E-state index is 0.0396. The van der Waals surface area contributed by atoms with Gasteiger partial charge in [0.05, 0.1) is 0 Å². The second-order valence-electron chi connectivity index (χ2n) is 12.0. The van der Waals surface area contributed by atoms with E-state index in [0.29, 0.717) is 25.7 Å². The van der Waals surface area contributed by atoms with Crippen LogP contribution < -0.4 is 0 Å². The summed E-state index contributed by atoms with van der Waals surface area (Å²) in [7, 11) is 0. The van der Waals surface area contributed by atoms with Crippen LogP contribution in [0.1, 0.15) is 142 Å². The quantitative estimate of drug-likeness (QED) is 0.0175. The molecule has 0 heterocycles. The standard InChI is InChI=1S/C43H62N4O3/c1-3-5-7-9-11-13-15-17-19-21-23-25-27-29-31-33-35-37-39(48)41(46-44)43(50)42(47-45)40(49)38-36-34-32-30-28-26-24-22-20-18-16-14-12-10-8-6-4-2/h11-14,17-20,23-26,29-32H,3-10,15-16,21-22,27-28,33-38H2,1-2H3/b13-11-,14-12-,19-17-,20-18-,25-23-,26-24-,31-29-,32-30-. The summed E-state index contributed by atoms with van der Waals surface area (Å²) in [5, 5.41) is 0. The molecule has 0 aliphatic carbocycles. The molecule has 0 aliphatic rings. The van der Waals surface area contributed by atoms with Crippen LogP contribution in [-0.4, -0.2) is 38.4 Å². The normalized spacial score (nSPS) is 12.2. The molecule has 0 fully saturated rings. The molecule has 0 saturated carbocycles. The Morgan fingerprint density at radius 1 is 0.400 bits per heavy atom. The zero-order valence-electron chi connectivity index (χ0n) is 30.9. The summed E-state index contributed by atoms with van der Waals surface area (Å²) < 4.78 is 0. The van der Waals surface area contributed by atoms with Crippen LogP contribution in [0.25, 0.3) is 11.1 Å². The van der Waals surface area contributed by atoms with Gasteiger partial charge in [0.2, 0.25) is 11.6 Å². The first-order valence-corrected chi connectivity index (χ1v) is 18.8. The highest BCUT2D eigenvalue weighted by Crippen LogP contribution is 2.05. The minimum Gasteiger partial charge on any atom is -0.360 e. The van der Waals surface area contributed by atoms with Gasteiger partial charge in [0.1, 0.15) is 0 Å². The Morgan fingerprint density at radius 3 is 0.920 bits per heavy atom. The van der Waals surface area contributed by atoms with Gasteiger partial charge in [-0.2, -0.15) is 9.58 Å². The van der Waals surface area contributed by atoms with Crippen LogP contribution in [0.4, 0.5) is 0 Å². The summed E-state index contributed by atoms with van der Waals surface area (Å²) in [5.41, 5.74) is 17.0. The summed E-state index contributed by atoms with van der Waals surface area (Å²) in [5.74, 6) is -2.58. The van der Waals surface area contributed by atoms with Crippen molar-refractivity contribution in [1.29, 1.82) is 0 Å². The Hall–Kier alpha value is -4.31. The molecule has 0 atom stereocenters. The van der Waals surface area contributed by atoms with Gasteiger partial charge in [-0.25, -0.2) is 0 Å². The molecule has 7 nitrogen and oxygen atoms in total. The molecule has 0 spiro atoms. The van der Waals surface area contributed by atoms with Crippen molar-refractivity contribution < 1.29 is 24.0 Å². The fourth-order valence-electron chi connectivity index (χ4n) is 4.69. The third-order valence-electron chi connectivity index (χ3n) is 7.62. The summed E-state index contributed by atoms with van der Waals surface area (Å²) in [4.78, 5) is 43.4. The van der Waals surface area contributed by atoms with E-state index in [1.54, 1.807) is 0 Å².